The second kappa shape index (κ2) is 8.27. The molecule has 0 saturated carbocycles. The molecule has 0 aliphatic rings. The molecule has 122 valence electrons. The lowest BCUT2D eigenvalue weighted by Crippen LogP contribution is -2.28. The second-order valence-electron chi connectivity index (χ2n) is 5.50. The number of carbonyl (C=O) groups excluding carboxylic acids is 1. The third-order valence-corrected chi connectivity index (χ3v) is 3.73. The number of unbranched alkanes of at least 4 members (excludes halogenated alkanes) is 1. The molecule has 1 N–H and O–H groups in total. The fraction of sp³-hybridized carbons (Fsp3) is 0.389. The number of aryl methyl sites for hydroxylation is 1. The van der Waals surface area contributed by atoms with Crippen LogP contribution in [0.3, 0.4) is 0 Å². The zero-order valence-corrected chi connectivity index (χ0v) is 14.0. The molecule has 23 heavy (non-hydrogen) atoms. The Labute approximate surface area is 137 Å². The van der Waals surface area contributed by atoms with Crippen molar-refractivity contribution in [2.24, 2.45) is 0 Å². The number of amides is 1. The molecule has 0 atom stereocenters. The molecule has 0 unspecified atom stereocenters. The molecule has 0 aliphatic carbocycles. The lowest BCUT2D eigenvalue weighted by molar-refractivity contribution is 0.0787. The number of benzene rings is 1. The molecule has 5 nitrogen and oxygen atoms in total. The summed E-state index contributed by atoms with van der Waals surface area (Å²) in [7, 11) is 1.79. The molecule has 2 aromatic rings. The van der Waals surface area contributed by atoms with Gasteiger partial charge in [-0.05, 0) is 24.5 Å². The molecular formula is C18H24N4O. The van der Waals surface area contributed by atoms with Crippen LogP contribution in [-0.2, 0) is 6.42 Å². The van der Waals surface area contributed by atoms with Crippen molar-refractivity contribution in [3.8, 4) is 0 Å². The number of carbonyl (C=O) groups is 1. The number of aromatic nitrogens is 2. The van der Waals surface area contributed by atoms with Gasteiger partial charge < -0.3 is 10.2 Å². The highest BCUT2D eigenvalue weighted by molar-refractivity contribution is 5.91. The molecule has 5 heteroatoms. The van der Waals surface area contributed by atoms with Crippen LogP contribution in [0.25, 0.3) is 0 Å². The van der Waals surface area contributed by atoms with Crippen LogP contribution in [0, 0.1) is 0 Å². The second-order valence-corrected chi connectivity index (χ2v) is 5.50. The predicted molar refractivity (Wildman–Crippen MR) is 93.0 cm³/mol. The van der Waals surface area contributed by atoms with Gasteiger partial charge in [0.1, 0.15) is 11.5 Å². The molecule has 0 spiro atoms. The Morgan fingerprint density at radius 2 is 1.96 bits per heavy atom. The van der Waals surface area contributed by atoms with E-state index in [1.54, 1.807) is 18.1 Å². The van der Waals surface area contributed by atoms with E-state index in [9.17, 15) is 4.79 Å². The highest BCUT2D eigenvalue weighted by Gasteiger charge is 2.13. The standard InChI is InChI=1S/C18H24N4O/c1-4-6-11-22(3)18(23)16-12-20-17(13-19-16)21-15-10-8-7-9-14(15)5-2/h7-10,12-13H,4-6,11H2,1-3H3,(H,20,21). The van der Waals surface area contributed by atoms with Crippen molar-refractivity contribution < 1.29 is 4.79 Å². The van der Waals surface area contributed by atoms with E-state index in [0.717, 1.165) is 31.5 Å². The summed E-state index contributed by atoms with van der Waals surface area (Å²) in [6, 6.07) is 8.09. The monoisotopic (exact) mass is 312 g/mol. The Bertz CT molecular complexity index is 640. The van der Waals surface area contributed by atoms with Gasteiger partial charge in [0.15, 0.2) is 0 Å². The first-order valence-electron chi connectivity index (χ1n) is 8.08. The molecule has 0 radical (unpaired) electrons. The van der Waals surface area contributed by atoms with Crippen molar-refractivity contribution in [1.29, 1.82) is 0 Å². The van der Waals surface area contributed by atoms with Crippen molar-refractivity contribution in [3.05, 3.63) is 47.9 Å². The molecule has 0 saturated heterocycles. The maximum atomic E-state index is 12.2. The summed E-state index contributed by atoms with van der Waals surface area (Å²) in [5.41, 5.74) is 2.61. The highest BCUT2D eigenvalue weighted by Crippen LogP contribution is 2.19. The third kappa shape index (κ3) is 4.52. The van der Waals surface area contributed by atoms with Crippen LogP contribution >= 0.6 is 0 Å². The van der Waals surface area contributed by atoms with E-state index in [4.69, 9.17) is 0 Å². The van der Waals surface area contributed by atoms with Gasteiger partial charge in [-0.25, -0.2) is 9.97 Å². The van der Waals surface area contributed by atoms with Gasteiger partial charge in [0.2, 0.25) is 0 Å². The number of hydrogen-bond acceptors (Lipinski definition) is 4. The zero-order chi connectivity index (χ0) is 16.7. The van der Waals surface area contributed by atoms with Crippen LogP contribution in [0.1, 0.15) is 42.7 Å². The molecule has 1 aromatic carbocycles. The van der Waals surface area contributed by atoms with Crippen LogP contribution in [0.4, 0.5) is 11.5 Å². The summed E-state index contributed by atoms with van der Waals surface area (Å²) in [6.07, 6.45) is 6.12. The minimum atomic E-state index is -0.0912. The van der Waals surface area contributed by atoms with E-state index in [2.05, 4.69) is 35.2 Å². The van der Waals surface area contributed by atoms with Crippen molar-refractivity contribution in [2.45, 2.75) is 33.1 Å². The Kier molecular flexibility index (Phi) is 6.09. The average molecular weight is 312 g/mol. The fourth-order valence-electron chi connectivity index (χ4n) is 2.28. The average Bonchev–Trinajstić information content (AvgIpc) is 2.60. The van der Waals surface area contributed by atoms with Gasteiger partial charge in [-0.15, -0.1) is 0 Å². The molecule has 1 heterocycles. The van der Waals surface area contributed by atoms with Crippen LogP contribution in [0.2, 0.25) is 0 Å². The Morgan fingerprint density at radius 3 is 2.61 bits per heavy atom. The molecule has 2 rings (SSSR count). The lowest BCUT2D eigenvalue weighted by Gasteiger charge is -2.16. The first-order valence-corrected chi connectivity index (χ1v) is 8.08. The molecular weight excluding hydrogens is 288 g/mol. The van der Waals surface area contributed by atoms with Crippen molar-refractivity contribution in [2.75, 3.05) is 18.9 Å². The van der Waals surface area contributed by atoms with Gasteiger partial charge in [0.25, 0.3) is 5.91 Å². The smallest absolute Gasteiger partial charge is 0.273 e. The summed E-state index contributed by atoms with van der Waals surface area (Å²) in [4.78, 5) is 22.5. The van der Waals surface area contributed by atoms with Gasteiger partial charge in [-0.3, -0.25) is 4.79 Å². The van der Waals surface area contributed by atoms with E-state index >= 15 is 0 Å². The van der Waals surface area contributed by atoms with Gasteiger partial charge in [0.05, 0.1) is 12.4 Å². The summed E-state index contributed by atoms with van der Waals surface area (Å²) in [5.74, 6) is 0.546. The van der Waals surface area contributed by atoms with E-state index in [1.807, 2.05) is 18.2 Å². The maximum Gasteiger partial charge on any atom is 0.273 e. The van der Waals surface area contributed by atoms with Crippen LogP contribution in [-0.4, -0.2) is 34.4 Å². The van der Waals surface area contributed by atoms with Crippen LogP contribution in [0.5, 0.6) is 0 Å². The van der Waals surface area contributed by atoms with E-state index < -0.39 is 0 Å². The fourth-order valence-corrected chi connectivity index (χ4v) is 2.28. The number of nitrogens with zero attached hydrogens (tertiary/aromatic N) is 3. The SMILES string of the molecule is CCCCN(C)C(=O)c1cnc(Nc2ccccc2CC)cn1. The molecule has 1 aromatic heterocycles. The maximum absolute atomic E-state index is 12.2. The first-order chi connectivity index (χ1) is 11.2. The number of hydrogen-bond donors (Lipinski definition) is 1. The van der Waals surface area contributed by atoms with E-state index in [-0.39, 0.29) is 5.91 Å². The molecule has 0 fully saturated rings. The van der Waals surface area contributed by atoms with Crippen molar-refractivity contribution >= 4 is 17.4 Å². The first kappa shape index (κ1) is 16.9. The summed E-state index contributed by atoms with van der Waals surface area (Å²) in [6.45, 7) is 4.95. The van der Waals surface area contributed by atoms with Gasteiger partial charge in [-0.1, -0.05) is 38.5 Å². The van der Waals surface area contributed by atoms with Crippen molar-refractivity contribution in [1.82, 2.24) is 14.9 Å². The third-order valence-electron chi connectivity index (χ3n) is 3.73. The van der Waals surface area contributed by atoms with Crippen molar-refractivity contribution in [3.63, 3.8) is 0 Å². The minimum absolute atomic E-state index is 0.0912. The Hall–Kier alpha value is -2.43. The number of para-hydroxylation sites is 1. The van der Waals surface area contributed by atoms with Gasteiger partial charge in [-0.2, -0.15) is 0 Å². The molecule has 1 amide bonds. The number of rotatable bonds is 7. The van der Waals surface area contributed by atoms with Crippen LogP contribution < -0.4 is 5.32 Å². The topological polar surface area (TPSA) is 58.1 Å². The van der Waals surface area contributed by atoms with Gasteiger partial charge >= 0.3 is 0 Å². The van der Waals surface area contributed by atoms with E-state index in [1.165, 1.54) is 11.8 Å². The van der Waals surface area contributed by atoms with Gasteiger partial charge in [0, 0.05) is 19.3 Å². The highest BCUT2D eigenvalue weighted by atomic mass is 16.2. The van der Waals surface area contributed by atoms with Crippen LogP contribution in [0.15, 0.2) is 36.7 Å². The largest absolute Gasteiger partial charge is 0.340 e. The summed E-state index contributed by atoms with van der Waals surface area (Å²) < 4.78 is 0. The van der Waals surface area contributed by atoms with E-state index in [0.29, 0.717) is 11.5 Å². The Balaban J connectivity index is 2.06. The normalized spacial score (nSPS) is 10.4. The quantitative estimate of drug-likeness (QED) is 0.847. The molecule has 0 bridgehead atoms. The molecule has 0 aliphatic heterocycles. The number of nitrogens with one attached hydrogen (secondary N) is 1. The lowest BCUT2D eigenvalue weighted by atomic mass is 10.1. The Morgan fingerprint density at radius 1 is 1.17 bits per heavy atom. The number of anilines is 2. The minimum Gasteiger partial charge on any atom is -0.340 e. The predicted octanol–water partition coefficient (Wildman–Crippen LogP) is 3.65. The zero-order valence-electron chi connectivity index (χ0n) is 14.0. The summed E-state index contributed by atoms with van der Waals surface area (Å²) in [5, 5.41) is 3.25. The summed E-state index contributed by atoms with van der Waals surface area (Å²) >= 11 is 0.